The van der Waals surface area contributed by atoms with Crippen LogP contribution in [-0.2, 0) is 8.58 Å². The van der Waals surface area contributed by atoms with Crippen LogP contribution in [0.3, 0.4) is 0 Å². The van der Waals surface area contributed by atoms with E-state index in [2.05, 4.69) is 0 Å². The zero-order valence-corrected chi connectivity index (χ0v) is 10.8. The van der Waals surface area contributed by atoms with Crippen LogP contribution in [0.5, 0.6) is 0 Å². The molecule has 0 spiro atoms. The summed E-state index contributed by atoms with van der Waals surface area (Å²) in [5.41, 5.74) is 5.20. The van der Waals surface area contributed by atoms with Crippen LogP contribution in [0.25, 0.3) is 0 Å². The van der Waals surface area contributed by atoms with Gasteiger partial charge in [0.1, 0.15) is 0 Å². The number of hydrogen-bond donors (Lipinski definition) is 2. The zero-order valence-electron chi connectivity index (χ0n) is 9.41. The van der Waals surface area contributed by atoms with Crippen LogP contribution in [0.15, 0.2) is 0 Å². The largest absolute Gasteiger partial charge is 0.503 e. The molecule has 0 aromatic carbocycles. The second kappa shape index (κ2) is 12.0. The summed E-state index contributed by atoms with van der Waals surface area (Å²) in [6.07, 6.45) is 5.65. The summed E-state index contributed by atoms with van der Waals surface area (Å²) < 4.78 is 5.21. The van der Waals surface area contributed by atoms with E-state index in [0.29, 0.717) is 6.54 Å². The van der Waals surface area contributed by atoms with Crippen molar-refractivity contribution in [1.82, 2.24) is 0 Å². The molecule has 0 aromatic rings. The molecule has 15 heavy (non-hydrogen) atoms. The van der Waals surface area contributed by atoms with E-state index in [1.165, 1.54) is 18.1 Å². The predicted molar refractivity (Wildman–Crippen MR) is 62.3 cm³/mol. The fourth-order valence-electron chi connectivity index (χ4n) is 1.28. The molecule has 1 saturated heterocycles. The standard InChI is InChI=1S/C6H13NO2.C4H8O.Al.H/c7-5-3-1-2-4-6(8)9;1-2-3-4-5;;/h1-5,7H2,(H,8,9);1-4H2;;/q;-1;+1;. The lowest BCUT2D eigenvalue weighted by molar-refractivity contribution is -0.137. The first-order valence-electron chi connectivity index (χ1n) is 5.77. The third-order valence-corrected chi connectivity index (χ3v) is 3.54. The van der Waals surface area contributed by atoms with Crippen molar-refractivity contribution >= 4 is 21.5 Å². The lowest BCUT2D eigenvalue weighted by atomic mass is 10.2. The first-order chi connectivity index (χ1) is 7.27. The first kappa shape index (κ1) is 14.9. The van der Waals surface area contributed by atoms with Gasteiger partial charge in [0.15, 0.2) is 0 Å². The quantitative estimate of drug-likeness (QED) is 0.550. The number of carboxylic acids is 1. The summed E-state index contributed by atoms with van der Waals surface area (Å²) in [4.78, 5) is 9.93. The van der Waals surface area contributed by atoms with Gasteiger partial charge in [-0.15, -0.1) is 0 Å². The summed E-state index contributed by atoms with van der Waals surface area (Å²) in [7, 11) is 0. The predicted octanol–water partition coefficient (Wildman–Crippen LogP) is 1.16. The third-order valence-electron chi connectivity index (χ3n) is 2.17. The van der Waals surface area contributed by atoms with Gasteiger partial charge < -0.3 is 14.6 Å². The van der Waals surface area contributed by atoms with Crippen LogP contribution in [0.4, 0.5) is 0 Å². The van der Waals surface area contributed by atoms with E-state index in [1.54, 1.807) is 0 Å². The molecule has 0 unspecified atom stereocenters. The van der Waals surface area contributed by atoms with Crippen molar-refractivity contribution < 1.29 is 13.7 Å². The number of aliphatic carboxylic acids is 1. The van der Waals surface area contributed by atoms with Crippen LogP contribution in [0.2, 0.25) is 5.28 Å². The van der Waals surface area contributed by atoms with Crippen molar-refractivity contribution in [2.24, 2.45) is 5.73 Å². The van der Waals surface area contributed by atoms with Crippen molar-refractivity contribution in [3.8, 4) is 0 Å². The Bertz CT molecular complexity index is 140. The summed E-state index contributed by atoms with van der Waals surface area (Å²) in [5.74, 6) is -0.716. The van der Waals surface area contributed by atoms with Gasteiger partial charge in [-0.1, -0.05) is 18.1 Å². The number of carboxylic acid groups (broad SMARTS) is 1. The Balaban J connectivity index is 0.000000280. The van der Waals surface area contributed by atoms with E-state index in [1.807, 2.05) is 0 Å². The van der Waals surface area contributed by atoms with Gasteiger partial charge in [0.2, 0.25) is 0 Å². The van der Waals surface area contributed by atoms with E-state index in [0.717, 1.165) is 25.9 Å². The fraction of sp³-hybridized carbons (Fsp3) is 0.900. The van der Waals surface area contributed by atoms with E-state index < -0.39 is 5.97 Å². The van der Waals surface area contributed by atoms with E-state index >= 15 is 0 Å². The Morgan fingerprint density at radius 2 is 2.13 bits per heavy atom. The van der Waals surface area contributed by atoms with Gasteiger partial charge in [-0.2, -0.15) is 0 Å². The summed E-state index contributed by atoms with van der Waals surface area (Å²) in [6, 6.07) is 0. The Morgan fingerprint density at radius 1 is 1.33 bits per heavy atom. The number of hydrogen-bond acceptors (Lipinski definition) is 3. The zero-order chi connectivity index (χ0) is 11.4. The summed E-state index contributed by atoms with van der Waals surface area (Å²) in [5, 5.41) is 9.60. The number of nitrogens with two attached hydrogens (primary N) is 1. The first-order valence-corrected chi connectivity index (χ1v) is 7.34. The molecule has 0 saturated carbocycles. The normalized spacial score (nSPS) is 14.7. The van der Waals surface area contributed by atoms with E-state index in [-0.39, 0.29) is 22.0 Å². The maximum absolute atomic E-state index is 9.93. The average Bonchev–Trinajstić information content (AvgIpc) is 2.28. The molecule has 4 nitrogen and oxygen atoms in total. The molecule has 1 fully saturated rings. The Kier molecular flexibility index (Phi) is 11.9. The van der Waals surface area contributed by atoms with Gasteiger partial charge in [0, 0.05) is 13.0 Å². The molecule has 1 heterocycles. The fourth-order valence-corrected chi connectivity index (χ4v) is 2.45. The SMILES string of the molecule is C1C[CH2][AlH][O]C1.NCCCCCC(=O)O. The summed E-state index contributed by atoms with van der Waals surface area (Å²) in [6.45, 7) is 1.73. The smallest absolute Gasteiger partial charge is 0.435 e. The lowest BCUT2D eigenvalue weighted by Crippen LogP contribution is -2.06. The van der Waals surface area contributed by atoms with Gasteiger partial charge in [0.25, 0.3) is 0 Å². The number of rotatable bonds is 5. The molecule has 3 N–H and O–H groups in total. The molecule has 0 amide bonds. The average molecular weight is 231 g/mol. The molecule has 1 aliphatic rings. The Labute approximate surface area is 98.2 Å². The van der Waals surface area contributed by atoms with Crippen LogP contribution < -0.4 is 5.73 Å². The van der Waals surface area contributed by atoms with Crippen molar-refractivity contribution in [3.05, 3.63) is 0 Å². The Morgan fingerprint density at radius 3 is 2.47 bits per heavy atom. The molecule has 0 radical (unpaired) electrons. The van der Waals surface area contributed by atoms with Crippen LogP contribution >= 0.6 is 0 Å². The molecule has 0 atom stereocenters. The molecule has 5 heteroatoms. The molecular formula is C10H22AlNO3. The van der Waals surface area contributed by atoms with Gasteiger partial charge in [-0.3, -0.25) is 4.79 Å². The number of unbranched alkanes of at least 4 members (excludes halogenated alkanes) is 2. The molecule has 0 aromatic heterocycles. The molecule has 0 bridgehead atoms. The topological polar surface area (TPSA) is 72.5 Å². The van der Waals surface area contributed by atoms with Crippen molar-refractivity contribution in [2.45, 2.75) is 43.8 Å². The van der Waals surface area contributed by atoms with Gasteiger partial charge >= 0.3 is 21.5 Å². The molecule has 88 valence electrons. The summed E-state index contributed by atoms with van der Waals surface area (Å²) >= 11 is 0.00849. The highest BCUT2D eigenvalue weighted by Gasteiger charge is 2.00. The lowest BCUT2D eigenvalue weighted by Gasteiger charge is -2.06. The highest BCUT2D eigenvalue weighted by molar-refractivity contribution is 6.27. The minimum Gasteiger partial charge on any atom is -0.503 e. The maximum atomic E-state index is 9.93. The van der Waals surface area contributed by atoms with Gasteiger partial charge in [-0.05, 0) is 25.8 Å². The monoisotopic (exact) mass is 231 g/mol. The van der Waals surface area contributed by atoms with Gasteiger partial charge in [-0.25, -0.2) is 0 Å². The molecule has 0 aliphatic carbocycles. The van der Waals surface area contributed by atoms with Crippen molar-refractivity contribution in [3.63, 3.8) is 0 Å². The number of carbonyl (C=O) groups is 1. The van der Waals surface area contributed by atoms with Crippen LogP contribution in [0.1, 0.15) is 38.5 Å². The van der Waals surface area contributed by atoms with Crippen molar-refractivity contribution in [1.29, 1.82) is 0 Å². The second-order valence-electron chi connectivity index (χ2n) is 3.67. The van der Waals surface area contributed by atoms with E-state index in [4.69, 9.17) is 14.6 Å². The molecule has 1 rings (SSSR count). The molecule has 1 aliphatic heterocycles. The Hall–Kier alpha value is -0.0775. The highest BCUT2D eigenvalue weighted by Crippen LogP contribution is 2.01. The maximum Gasteiger partial charge on any atom is 0.435 e. The minimum absolute atomic E-state index is 0.00849. The minimum atomic E-state index is -0.716. The highest BCUT2D eigenvalue weighted by atomic mass is 27.1. The van der Waals surface area contributed by atoms with Crippen molar-refractivity contribution in [2.75, 3.05) is 13.2 Å². The second-order valence-corrected chi connectivity index (χ2v) is 5.19. The van der Waals surface area contributed by atoms with Crippen LogP contribution in [-0.4, -0.2) is 39.8 Å². The van der Waals surface area contributed by atoms with Gasteiger partial charge in [0.05, 0.1) is 0 Å². The molecular weight excluding hydrogens is 209 g/mol. The van der Waals surface area contributed by atoms with Crippen LogP contribution in [0, 0.1) is 0 Å². The van der Waals surface area contributed by atoms with E-state index in [9.17, 15) is 4.79 Å². The third kappa shape index (κ3) is 13.9.